The average molecular weight is 389 g/mol. The normalized spacial score (nSPS) is 14.6. The summed E-state index contributed by atoms with van der Waals surface area (Å²) in [6, 6.07) is 6.74. The summed E-state index contributed by atoms with van der Waals surface area (Å²) in [4.78, 5) is 38.2. The molecule has 1 aliphatic heterocycles. The maximum absolute atomic E-state index is 12.3. The first-order valence-corrected chi connectivity index (χ1v) is 9.89. The summed E-state index contributed by atoms with van der Waals surface area (Å²) in [6.07, 6.45) is 3.48. The Kier molecular flexibility index (Phi) is 8.94. The number of nitrogens with zero attached hydrogens (tertiary/aromatic N) is 1. The van der Waals surface area contributed by atoms with Gasteiger partial charge in [0.1, 0.15) is 5.75 Å². The number of carbonyl (C=O) groups excluding carboxylic acids is 3. The number of hydrogen-bond acceptors (Lipinski definition) is 5. The SMILES string of the molecule is CNCCC1CCN(C(=O)CCC(=O)NCC(=O)c2ccc(OC)cc2)CC1. The highest BCUT2D eigenvalue weighted by Crippen LogP contribution is 2.20. The second-order valence-corrected chi connectivity index (χ2v) is 7.14. The molecule has 0 saturated carbocycles. The summed E-state index contributed by atoms with van der Waals surface area (Å²) < 4.78 is 5.05. The smallest absolute Gasteiger partial charge is 0.223 e. The van der Waals surface area contributed by atoms with Crippen LogP contribution in [0.3, 0.4) is 0 Å². The van der Waals surface area contributed by atoms with Crippen LogP contribution in [0.4, 0.5) is 0 Å². The molecule has 1 heterocycles. The summed E-state index contributed by atoms with van der Waals surface area (Å²) in [6.45, 7) is 2.47. The molecular weight excluding hydrogens is 358 g/mol. The maximum Gasteiger partial charge on any atom is 0.223 e. The van der Waals surface area contributed by atoms with Crippen LogP contribution in [0.5, 0.6) is 5.75 Å². The number of rotatable bonds is 10. The predicted molar refractivity (Wildman–Crippen MR) is 107 cm³/mol. The summed E-state index contributed by atoms with van der Waals surface area (Å²) in [5.74, 6) is 0.905. The number of methoxy groups -OCH3 is 1. The molecule has 0 atom stereocenters. The molecule has 2 N–H and O–H groups in total. The standard InChI is InChI=1S/C21H31N3O4/c1-22-12-9-16-10-13-24(14-11-16)21(27)8-7-20(26)23-15-19(25)17-3-5-18(28-2)6-4-17/h3-6,16,22H,7-15H2,1-2H3,(H,23,26). The number of amides is 2. The van der Waals surface area contributed by atoms with Gasteiger partial charge in [-0.05, 0) is 63.0 Å². The lowest BCUT2D eigenvalue weighted by Crippen LogP contribution is -2.39. The van der Waals surface area contributed by atoms with E-state index in [0.29, 0.717) is 17.2 Å². The molecule has 0 unspecified atom stereocenters. The van der Waals surface area contributed by atoms with Gasteiger partial charge >= 0.3 is 0 Å². The van der Waals surface area contributed by atoms with Crippen LogP contribution < -0.4 is 15.4 Å². The number of piperidine rings is 1. The highest BCUT2D eigenvalue weighted by atomic mass is 16.5. The Morgan fingerprint density at radius 1 is 1.11 bits per heavy atom. The van der Waals surface area contributed by atoms with Crippen molar-refractivity contribution >= 4 is 17.6 Å². The number of ketones is 1. The lowest BCUT2D eigenvalue weighted by molar-refractivity contribution is -0.134. The summed E-state index contributed by atoms with van der Waals surface area (Å²) in [5, 5.41) is 5.76. The second kappa shape index (κ2) is 11.4. The van der Waals surface area contributed by atoms with Gasteiger partial charge in [0, 0.05) is 31.5 Å². The molecule has 1 saturated heterocycles. The third kappa shape index (κ3) is 6.96. The van der Waals surface area contributed by atoms with Crippen molar-refractivity contribution in [2.24, 2.45) is 5.92 Å². The second-order valence-electron chi connectivity index (χ2n) is 7.14. The van der Waals surface area contributed by atoms with Crippen molar-refractivity contribution < 1.29 is 19.1 Å². The predicted octanol–water partition coefficient (Wildman–Crippen LogP) is 1.62. The van der Waals surface area contributed by atoms with Crippen LogP contribution in [0, 0.1) is 5.92 Å². The summed E-state index contributed by atoms with van der Waals surface area (Å²) in [7, 11) is 3.51. The lowest BCUT2D eigenvalue weighted by Gasteiger charge is -2.32. The minimum atomic E-state index is -0.279. The third-order valence-corrected chi connectivity index (χ3v) is 5.19. The molecule has 0 radical (unpaired) electrons. The van der Waals surface area contributed by atoms with Gasteiger partial charge in [-0.2, -0.15) is 0 Å². The number of likely N-dealkylation sites (tertiary alicyclic amines) is 1. The first kappa shape index (κ1) is 21.9. The van der Waals surface area contributed by atoms with Crippen LogP contribution in [0.25, 0.3) is 0 Å². The number of ether oxygens (including phenoxy) is 1. The molecule has 1 aromatic carbocycles. The minimum absolute atomic E-state index is 0.0173. The number of carbonyl (C=O) groups is 3. The van der Waals surface area contributed by atoms with Crippen LogP contribution in [0.1, 0.15) is 42.5 Å². The van der Waals surface area contributed by atoms with Gasteiger partial charge in [0.2, 0.25) is 11.8 Å². The number of benzene rings is 1. The van der Waals surface area contributed by atoms with Gasteiger partial charge in [0.05, 0.1) is 13.7 Å². The molecule has 0 spiro atoms. The first-order valence-electron chi connectivity index (χ1n) is 9.89. The van der Waals surface area contributed by atoms with Gasteiger partial charge in [0.25, 0.3) is 0 Å². The van der Waals surface area contributed by atoms with Gasteiger partial charge in [-0.25, -0.2) is 0 Å². The number of hydrogen-bond donors (Lipinski definition) is 2. The molecule has 2 amide bonds. The molecule has 154 valence electrons. The van der Waals surface area contributed by atoms with E-state index in [2.05, 4.69) is 10.6 Å². The average Bonchev–Trinajstić information content (AvgIpc) is 2.74. The van der Waals surface area contributed by atoms with E-state index in [0.717, 1.165) is 38.9 Å². The molecule has 7 heteroatoms. The molecule has 1 aliphatic rings. The zero-order valence-corrected chi connectivity index (χ0v) is 16.8. The monoisotopic (exact) mass is 389 g/mol. The van der Waals surface area contributed by atoms with Gasteiger partial charge in [-0.15, -0.1) is 0 Å². The van der Waals surface area contributed by atoms with Gasteiger partial charge in [-0.1, -0.05) is 0 Å². The Morgan fingerprint density at radius 2 is 1.79 bits per heavy atom. The molecule has 0 bridgehead atoms. The Labute approximate surface area is 166 Å². The maximum atomic E-state index is 12.3. The van der Waals surface area contributed by atoms with E-state index in [-0.39, 0.29) is 37.0 Å². The fourth-order valence-corrected chi connectivity index (χ4v) is 3.34. The van der Waals surface area contributed by atoms with Gasteiger partial charge in [0.15, 0.2) is 5.78 Å². The van der Waals surface area contributed by atoms with Gasteiger partial charge in [-0.3, -0.25) is 14.4 Å². The van der Waals surface area contributed by atoms with E-state index >= 15 is 0 Å². The van der Waals surface area contributed by atoms with E-state index < -0.39 is 0 Å². The highest BCUT2D eigenvalue weighted by Gasteiger charge is 2.22. The first-order chi connectivity index (χ1) is 13.5. The summed E-state index contributed by atoms with van der Waals surface area (Å²) >= 11 is 0. The highest BCUT2D eigenvalue weighted by molar-refractivity contribution is 5.99. The molecule has 2 rings (SSSR count). The number of nitrogens with one attached hydrogen (secondary N) is 2. The third-order valence-electron chi connectivity index (χ3n) is 5.19. The van der Waals surface area contributed by atoms with E-state index in [1.807, 2.05) is 11.9 Å². The minimum Gasteiger partial charge on any atom is -0.497 e. The van der Waals surface area contributed by atoms with Gasteiger partial charge < -0.3 is 20.3 Å². The quantitative estimate of drug-likeness (QED) is 0.594. The topological polar surface area (TPSA) is 87.7 Å². The van der Waals surface area contributed by atoms with Crippen LogP contribution in [0.15, 0.2) is 24.3 Å². The molecule has 1 fully saturated rings. The molecule has 28 heavy (non-hydrogen) atoms. The summed E-state index contributed by atoms with van der Waals surface area (Å²) in [5.41, 5.74) is 0.512. The Bertz CT molecular complexity index is 652. The van der Waals surface area contributed by atoms with Crippen LogP contribution in [-0.2, 0) is 9.59 Å². The van der Waals surface area contributed by atoms with Crippen molar-refractivity contribution in [3.05, 3.63) is 29.8 Å². The van der Waals surface area contributed by atoms with Crippen molar-refractivity contribution in [1.82, 2.24) is 15.5 Å². The van der Waals surface area contributed by atoms with Crippen molar-refractivity contribution in [1.29, 1.82) is 0 Å². The van der Waals surface area contributed by atoms with Crippen molar-refractivity contribution in [3.8, 4) is 5.75 Å². The van der Waals surface area contributed by atoms with E-state index in [1.165, 1.54) is 0 Å². The van der Waals surface area contributed by atoms with Crippen molar-refractivity contribution in [2.75, 3.05) is 40.3 Å². The molecular formula is C21H31N3O4. The van der Waals surface area contributed by atoms with E-state index in [9.17, 15) is 14.4 Å². The largest absolute Gasteiger partial charge is 0.497 e. The molecule has 1 aromatic rings. The Morgan fingerprint density at radius 3 is 2.39 bits per heavy atom. The van der Waals surface area contributed by atoms with E-state index in [1.54, 1.807) is 31.4 Å². The molecule has 7 nitrogen and oxygen atoms in total. The zero-order valence-electron chi connectivity index (χ0n) is 16.8. The van der Waals surface area contributed by atoms with Crippen molar-refractivity contribution in [3.63, 3.8) is 0 Å². The van der Waals surface area contributed by atoms with E-state index in [4.69, 9.17) is 4.74 Å². The Hall–Kier alpha value is -2.41. The molecule has 0 aliphatic carbocycles. The fraction of sp³-hybridized carbons (Fsp3) is 0.571. The lowest BCUT2D eigenvalue weighted by atomic mass is 9.93. The Balaban J connectivity index is 1.65. The van der Waals surface area contributed by atoms with Crippen LogP contribution in [0.2, 0.25) is 0 Å². The zero-order chi connectivity index (χ0) is 20.4. The molecule has 0 aromatic heterocycles. The van der Waals surface area contributed by atoms with Crippen LogP contribution >= 0.6 is 0 Å². The van der Waals surface area contributed by atoms with Crippen molar-refractivity contribution in [2.45, 2.75) is 32.1 Å². The fourth-order valence-electron chi connectivity index (χ4n) is 3.34. The number of Topliss-reactive ketones (excluding diaryl/α,β-unsaturated/α-hetero) is 1. The van der Waals surface area contributed by atoms with Crippen LogP contribution in [-0.4, -0.2) is 62.8 Å².